The normalized spacial score (nSPS) is 21.1. The second-order valence-electron chi connectivity index (χ2n) is 6.01. The third kappa shape index (κ3) is 3.42. The first kappa shape index (κ1) is 15.7. The van der Waals surface area contributed by atoms with Crippen LogP contribution < -0.4 is 10.6 Å². The minimum Gasteiger partial charge on any atom is -0.349 e. The molecule has 2 atom stereocenters. The Bertz CT molecular complexity index is 667. The van der Waals surface area contributed by atoms with Crippen LogP contribution >= 0.6 is 0 Å². The molecule has 0 aliphatic carbocycles. The summed E-state index contributed by atoms with van der Waals surface area (Å²) in [6.45, 7) is 5.12. The molecule has 122 valence electrons. The van der Waals surface area contributed by atoms with Crippen molar-refractivity contribution in [2.75, 3.05) is 6.54 Å². The average molecular weight is 313 g/mol. The van der Waals surface area contributed by atoms with Gasteiger partial charge in [-0.2, -0.15) is 5.10 Å². The number of carbonyl (C=O) groups excluding carboxylic acids is 1. The summed E-state index contributed by atoms with van der Waals surface area (Å²) >= 11 is 0. The van der Waals surface area contributed by atoms with Gasteiger partial charge in [0.1, 0.15) is 0 Å². The molecule has 0 bridgehead atoms. The molecule has 3 heterocycles. The van der Waals surface area contributed by atoms with Gasteiger partial charge in [0.25, 0.3) is 5.91 Å². The molecule has 23 heavy (non-hydrogen) atoms. The molecule has 1 amide bonds. The summed E-state index contributed by atoms with van der Waals surface area (Å²) in [5.41, 5.74) is 1.53. The Morgan fingerprint density at radius 1 is 1.48 bits per heavy atom. The summed E-state index contributed by atoms with van der Waals surface area (Å²) in [5.74, 6) is 0.696. The molecule has 2 N–H and O–H groups in total. The van der Waals surface area contributed by atoms with Gasteiger partial charge in [0.15, 0.2) is 5.82 Å². The lowest BCUT2D eigenvalue weighted by Crippen LogP contribution is -2.46. The smallest absolute Gasteiger partial charge is 0.254 e. The van der Waals surface area contributed by atoms with Crippen molar-refractivity contribution in [1.29, 1.82) is 0 Å². The Kier molecular flexibility index (Phi) is 4.71. The van der Waals surface area contributed by atoms with Crippen molar-refractivity contribution in [1.82, 2.24) is 25.4 Å². The van der Waals surface area contributed by atoms with Crippen LogP contribution in [0, 0.1) is 0 Å². The van der Waals surface area contributed by atoms with Crippen LogP contribution in [0.15, 0.2) is 30.6 Å². The predicted molar refractivity (Wildman–Crippen MR) is 88.7 cm³/mol. The maximum Gasteiger partial charge on any atom is 0.254 e. The molecule has 1 aliphatic heterocycles. The Labute approximate surface area is 136 Å². The molecule has 0 aromatic carbocycles. The molecular formula is C17H23N5O. The van der Waals surface area contributed by atoms with Crippen molar-refractivity contribution >= 4 is 5.91 Å². The van der Waals surface area contributed by atoms with Crippen LogP contribution in [0.5, 0.6) is 0 Å². The van der Waals surface area contributed by atoms with Gasteiger partial charge in [-0.1, -0.05) is 13.0 Å². The minimum absolute atomic E-state index is 0.0388. The molecule has 6 heteroatoms. The van der Waals surface area contributed by atoms with E-state index in [1.807, 2.05) is 25.1 Å². The molecular weight excluding hydrogens is 290 g/mol. The molecule has 3 rings (SSSR count). The number of hydrogen-bond acceptors (Lipinski definition) is 4. The molecule has 1 aliphatic rings. The average Bonchev–Trinajstić information content (AvgIpc) is 2.99. The molecule has 2 aromatic rings. The zero-order valence-electron chi connectivity index (χ0n) is 13.6. The van der Waals surface area contributed by atoms with E-state index in [4.69, 9.17) is 0 Å². The van der Waals surface area contributed by atoms with Crippen molar-refractivity contribution in [2.24, 2.45) is 0 Å². The van der Waals surface area contributed by atoms with E-state index in [1.165, 1.54) is 0 Å². The fourth-order valence-corrected chi connectivity index (χ4v) is 3.11. The van der Waals surface area contributed by atoms with E-state index in [-0.39, 0.29) is 11.9 Å². The third-order valence-electron chi connectivity index (χ3n) is 4.27. The summed E-state index contributed by atoms with van der Waals surface area (Å²) in [7, 11) is 0. The fraction of sp³-hybridized carbons (Fsp3) is 0.471. The lowest BCUT2D eigenvalue weighted by Gasteiger charge is -2.28. The number of nitrogens with one attached hydrogen (secondary N) is 2. The summed E-state index contributed by atoms with van der Waals surface area (Å²) in [6, 6.07) is 6.34. The zero-order chi connectivity index (χ0) is 16.2. The molecule has 0 spiro atoms. The summed E-state index contributed by atoms with van der Waals surface area (Å²) in [6.07, 6.45) is 6.02. The van der Waals surface area contributed by atoms with Crippen LogP contribution in [0.25, 0.3) is 5.82 Å². The largest absolute Gasteiger partial charge is 0.349 e. The van der Waals surface area contributed by atoms with E-state index < -0.39 is 0 Å². The second kappa shape index (κ2) is 6.91. The van der Waals surface area contributed by atoms with Crippen molar-refractivity contribution in [3.05, 3.63) is 41.9 Å². The Hall–Kier alpha value is -2.21. The lowest BCUT2D eigenvalue weighted by atomic mass is 10.00. The van der Waals surface area contributed by atoms with Crippen molar-refractivity contribution in [3.63, 3.8) is 0 Å². The summed E-state index contributed by atoms with van der Waals surface area (Å²) < 4.78 is 1.75. The monoisotopic (exact) mass is 313 g/mol. The van der Waals surface area contributed by atoms with Crippen molar-refractivity contribution in [2.45, 2.75) is 45.2 Å². The number of amides is 1. The topological polar surface area (TPSA) is 71.8 Å². The molecule has 2 aromatic heterocycles. The van der Waals surface area contributed by atoms with Gasteiger partial charge in [0, 0.05) is 18.3 Å². The Morgan fingerprint density at radius 3 is 3.04 bits per heavy atom. The van der Waals surface area contributed by atoms with Gasteiger partial charge in [-0.15, -0.1) is 0 Å². The van der Waals surface area contributed by atoms with E-state index in [1.54, 1.807) is 17.1 Å². The number of aromatic nitrogens is 3. The molecule has 6 nitrogen and oxygen atoms in total. The van der Waals surface area contributed by atoms with E-state index in [0.29, 0.717) is 11.6 Å². The fourth-order valence-electron chi connectivity index (χ4n) is 3.11. The predicted octanol–water partition coefficient (Wildman–Crippen LogP) is 1.70. The standard InChI is InChI=1S/C17H23N5O/c1-3-15-14(11-20-22(15)16-6-4-5-8-19-16)17(23)21-13-7-9-18-12(2)10-13/h4-6,8,11-13,18H,3,7,9-10H2,1-2H3,(H,21,23). The first-order chi connectivity index (χ1) is 11.2. The van der Waals surface area contributed by atoms with Crippen LogP contribution in [0.1, 0.15) is 42.7 Å². The van der Waals surface area contributed by atoms with E-state index in [9.17, 15) is 4.79 Å². The number of pyridine rings is 1. The van der Waals surface area contributed by atoms with Crippen LogP contribution in [0.4, 0.5) is 0 Å². The van der Waals surface area contributed by atoms with Gasteiger partial charge < -0.3 is 10.6 Å². The molecule has 1 fully saturated rings. The number of nitrogens with zero attached hydrogens (tertiary/aromatic N) is 3. The highest BCUT2D eigenvalue weighted by Gasteiger charge is 2.23. The minimum atomic E-state index is -0.0388. The Morgan fingerprint density at radius 2 is 2.35 bits per heavy atom. The van der Waals surface area contributed by atoms with Gasteiger partial charge in [-0.25, -0.2) is 9.67 Å². The van der Waals surface area contributed by atoms with Gasteiger partial charge in [-0.05, 0) is 44.9 Å². The zero-order valence-corrected chi connectivity index (χ0v) is 13.6. The second-order valence-corrected chi connectivity index (χ2v) is 6.01. The van der Waals surface area contributed by atoms with Gasteiger partial charge in [0.05, 0.1) is 17.5 Å². The highest BCUT2D eigenvalue weighted by atomic mass is 16.1. The third-order valence-corrected chi connectivity index (χ3v) is 4.27. The van der Waals surface area contributed by atoms with Gasteiger partial charge >= 0.3 is 0 Å². The first-order valence-corrected chi connectivity index (χ1v) is 8.21. The van der Waals surface area contributed by atoms with Crippen LogP contribution in [0.2, 0.25) is 0 Å². The van der Waals surface area contributed by atoms with Crippen LogP contribution in [-0.4, -0.2) is 39.3 Å². The van der Waals surface area contributed by atoms with Crippen molar-refractivity contribution < 1.29 is 4.79 Å². The first-order valence-electron chi connectivity index (χ1n) is 8.21. The van der Waals surface area contributed by atoms with Crippen molar-refractivity contribution in [3.8, 4) is 5.82 Å². The molecule has 2 unspecified atom stereocenters. The molecule has 0 saturated carbocycles. The molecule has 0 radical (unpaired) electrons. The van der Waals surface area contributed by atoms with E-state index in [2.05, 4.69) is 27.6 Å². The Balaban J connectivity index is 1.80. The number of rotatable bonds is 4. The molecule has 1 saturated heterocycles. The lowest BCUT2D eigenvalue weighted by molar-refractivity contribution is 0.0924. The highest BCUT2D eigenvalue weighted by Crippen LogP contribution is 2.15. The highest BCUT2D eigenvalue weighted by molar-refractivity contribution is 5.95. The van der Waals surface area contributed by atoms with E-state index >= 15 is 0 Å². The van der Waals surface area contributed by atoms with Gasteiger partial charge in [-0.3, -0.25) is 4.79 Å². The van der Waals surface area contributed by atoms with Gasteiger partial charge in [0.2, 0.25) is 0 Å². The SMILES string of the molecule is CCc1c(C(=O)NC2CCNC(C)C2)cnn1-c1ccccn1. The van der Waals surface area contributed by atoms with E-state index in [0.717, 1.165) is 37.3 Å². The van der Waals surface area contributed by atoms with Crippen LogP contribution in [-0.2, 0) is 6.42 Å². The quantitative estimate of drug-likeness (QED) is 0.901. The number of carbonyl (C=O) groups is 1. The number of hydrogen-bond donors (Lipinski definition) is 2. The van der Waals surface area contributed by atoms with Crippen LogP contribution in [0.3, 0.4) is 0 Å². The summed E-state index contributed by atoms with van der Waals surface area (Å²) in [5, 5.41) is 10.9. The maximum atomic E-state index is 12.6. The summed E-state index contributed by atoms with van der Waals surface area (Å²) in [4.78, 5) is 17.0. The number of piperidine rings is 1. The maximum absolute atomic E-state index is 12.6.